The average Bonchev–Trinajstić information content (AvgIpc) is 3.79. The van der Waals surface area contributed by atoms with E-state index in [1.165, 1.54) is 98.2 Å². The van der Waals surface area contributed by atoms with Crippen LogP contribution in [0.2, 0.25) is 0 Å². The Kier molecular flexibility index (Phi) is 6.66. The van der Waals surface area contributed by atoms with Crippen LogP contribution in [-0.4, -0.2) is 9.13 Å². The summed E-state index contributed by atoms with van der Waals surface area (Å²) in [5, 5.41) is 12.8. The highest BCUT2D eigenvalue weighted by molar-refractivity contribution is 6.25. The molecular formula is C54H34N2. The molecule has 0 atom stereocenters. The van der Waals surface area contributed by atoms with Crippen LogP contribution >= 0.6 is 0 Å². The van der Waals surface area contributed by atoms with Crippen molar-refractivity contribution >= 4 is 75.9 Å². The first-order valence-corrected chi connectivity index (χ1v) is 19.3. The molecule has 10 aromatic carbocycles. The van der Waals surface area contributed by atoms with Gasteiger partial charge in [0.15, 0.2) is 0 Å². The van der Waals surface area contributed by atoms with Crippen molar-refractivity contribution < 1.29 is 0 Å². The lowest BCUT2D eigenvalue weighted by molar-refractivity contribution is 1.15. The molecule has 0 spiro atoms. The average molecular weight is 711 g/mol. The summed E-state index contributed by atoms with van der Waals surface area (Å²) < 4.78 is 4.85. The molecule has 0 unspecified atom stereocenters. The van der Waals surface area contributed by atoms with Crippen molar-refractivity contribution in [1.29, 1.82) is 0 Å². The molecular weight excluding hydrogens is 677 g/mol. The zero-order chi connectivity index (χ0) is 36.7. The number of rotatable bonds is 4. The van der Waals surface area contributed by atoms with Gasteiger partial charge in [-0.05, 0) is 109 Å². The van der Waals surface area contributed by atoms with Gasteiger partial charge in [0.2, 0.25) is 0 Å². The number of fused-ring (bicyclic) bond motifs is 12. The van der Waals surface area contributed by atoms with Crippen LogP contribution < -0.4 is 0 Å². The molecule has 2 nitrogen and oxygen atoms in total. The molecule has 56 heavy (non-hydrogen) atoms. The fraction of sp³-hybridized carbons (Fsp3) is 0. The molecule has 2 heteroatoms. The fourth-order valence-corrected chi connectivity index (χ4v) is 9.35. The summed E-state index contributed by atoms with van der Waals surface area (Å²) in [6, 6.07) is 75.8. The summed E-state index contributed by atoms with van der Waals surface area (Å²) in [5.74, 6) is 0. The molecule has 0 saturated carbocycles. The van der Waals surface area contributed by atoms with Gasteiger partial charge < -0.3 is 9.13 Å². The minimum absolute atomic E-state index is 1.14. The molecule has 12 rings (SSSR count). The normalized spacial score (nSPS) is 11.9. The largest absolute Gasteiger partial charge is 0.309 e. The SMILES string of the molecule is c1ccc(-n2c3ccccc3c3ccc(-n4c5ccccc5c5ccc(-c6cccc(-c7ccc8c9ccccc9c9ccccc9c8c7)c6)cc54)cc32)cc1. The third kappa shape index (κ3) is 4.57. The van der Waals surface area contributed by atoms with Crippen LogP contribution in [0.15, 0.2) is 206 Å². The van der Waals surface area contributed by atoms with Gasteiger partial charge in [-0.15, -0.1) is 0 Å². The van der Waals surface area contributed by atoms with Crippen LogP contribution in [0.1, 0.15) is 0 Å². The number of para-hydroxylation sites is 3. The minimum Gasteiger partial charge on any atom is -0.309 e. The molecule has 0 saturated heterocycles. The summed E-state index contributed by atoms with van der Waals surface area (Å²) in [4.78, 5) is 0. The van der Waals surface area contributed by atoms with Crippen LogP contribution in [-0.2, 0) is 0 Å². The van der Waals surface area contributed by atoms with Crippen LogP contribution in [0, 0.1) is 0 Å². The highest BCUT2D eigenvalue weighted by atomic mass is 15.0. The molecule has 0 amide bonds. The van der Waals surface area contributed by atoms with Gasteiger partial charge in [0.25, 0.3) is 0 Å². The van der Waals surface area contributed by atoms with Gasteiger partial charge >= 0.3 is 0 Å². The van der Waals surface area contributed by atoms with Crippen molar-refractivity contribution in [2.75, 3.05) is 0 Å². The van der Waals surface area contributed by atoms with E-state index in [0.29, 0.717) is 0 Å². The van der Waals surface area contributed by atoms with Crippen molar-refractivity contribution in [3.05, 3.63) is 206 Å². The summed E-state index contributed by atoms with van der Waals surface area (Å²) >= 11 is 0. The quantitative estimate of drug-likeness (QED) is 0.161. The van der Waals surface area contributed by atoms with Crippen LogP contribution in [0.5, 0.6) is 0 Å². The van der Waals surface area contributed by atoms with Crippen LogP contribution in [0.25, 0.3) is 110 Å². The van der Waals surface area contributed by atoms with E-state index in [-0.39, 0.29) is 0 Å². The molecule has 12 aromatic rings. The second kappa shape index (κ2) is 12.0. The van der Waals surface area contributed by atoms with E-state index in [1.54, 1.807) is 0 Å². The Labute approximate surface area is 323 Å². The van der Waals surface area contributed by atoms with E-state index in [1.807, 2.05) is 0 Å². The molecule has 0 radical (unpaired) electrons. The second-order valence-electron chi connectivity index (χ2n) is 14.9. The number of aromatic nitrogens is 2. The first kappa shape index (κ1) is 31.0. The Morgan fingerprint density at radius 2 is 0.607 bits per heavy atom. The predicted molar refractivity (Wildman–Crippen MR) is 239 cm³/mol. The molecule has 2 heterocycles. The summed E-state index contributed by atoms with van der Waals surface area (Å²) in [6.07, 6.45) is 0. The van der Waals surface area contributed by atoms with Gasteiger partial charge in [-0.1, -0.05) is 152 Å². The van der Waals surface area contributed by atoms with E-state index in [4.69, 9.17) is 0 Å². The van der Waals surface area contributed by atoms with Crippen molar-refractivity contribution in [3.63, 3.8) is 0 Å². The van der Waals surface area contributed by atoms with Crippen molar-refractivity contribution in [3.8, 4) is 33.6 Å². The summed E-state index contributed by atoms with van der Waals surface area (Å²) in [6.45, 7) is 0. The van der Waals surface area contributed by atoms with E-state index in [2.05, 4.69) is 215 Å². The van der Waals surface area contributed by atoms with Crippen molar-refractivity contribution in [2.24, 2.45) is 0 Å². The maximum atomic E-state index is 2.45. The van der Waals surface area contributed by atoms with Gasteiger partial charge in [0.1, 0.15) is 0 Å². The Bertz CT molecular complexity index is 3490. The van der Waals surface area contributed by atoms with Gasteiger partial charge in [0.05, 0.1) is 22.1 Å². The Balaban J connectivity index is 1.03. The molecule has 0 aliphatic heterocycles. The number of nitrogens with zero attached hydrogens (tertiary/aromatic N) is 2. The lowest BCUT2D eigenvalue weighted by Gasteiger charge is -2.13. The topological polar surface area (TPSA) is 9.86 Å². The summed E-state index contributed by atoms with van der Waals surface area (Å²) in [7, 11) is 0. The monoisotopic (exact) mass is 710 g/mol. The molecule has 0 bridgehead atoms. The van der Waals surface area contributed by atoms with Crippen LogP contribution in [0.3, 0.4) is 0 Å². The van der Waals surface area contributed by atoms with Crippen LogP contribution in [0.4, 0.5) is 0 Å². The molecule has 2 aromatic heterocycles. The van der Waals surface area contributed by atoms with Crippen molar-refractivity contribution in [2.45, 2.75) is 0 Å². The number of hydrogen-bond acceptors (Lipinski definition) is 0. The third-order valence-corrected chi connectivity index (χ3v) is 11.9. The van der Waals surface area contributed by atoms with Crippen molar-refractivity contribution in [1.82, 2.24) is 9.13 Å². The zero-order valence-electron chi connectivity index (χ0n) is 30.5. The Morgan fingerprint density at radius 1 is 0.196 bits per heavy atom. The standard InChI is InChI=1S/C54H34N2/c1-2-15-39(16-3-1)55-51-23-10-8-22-47(51)49-30-27-40(34-54(49)55)56-52-24-11-9-21-46(52)48-29-26-38(33-53(48)56)36-14-12-13-35(31-36)37-25-28-45-43-19-5-4-17-41(43)42-18-6-7-20-44(42)50(45)32-37/h1-34H. The molecule has 0 fully saturated rings. The third-order valence-electron chi connectivity index (χ3n) is 11.9. The van der Waals surface area contributed by atoms with Gasteiger partial charge in [-0.3, -0.25) is 0 Å². The lowest BCUT2D eigenvalue weighted by atomic mass is 9.91. The first-order valence-electron chi connectivity index (χ1n) is 19.3. The smallest absolute Gasteiger partial charge is 0.0561 e. The highest BCUT2D eigenvalue weighted by Gasteiger charge is 2.17. The maximum absolute atomic E-state index is 2.45. The minimum atomic E-state index is 1.14. The van der Waals surface area contributed by atoms with Gasteiger partial charge in [0, 0.05) is 32.9 Å². The molecule has 0 aliphatic carbocycles. The second-order valence-corrected chi connectivity index (χ2v) is 14.9. The Morgan fingerprint density at radius 3 is 1.23 bits per heavy atom. The van der Waals surface area contributed by atoms with E-state index in [9.17, 15) is 0 Å². The van der Waals surface area contributed by atoms with E-state index in [0.717, 1.165) is 11.4 Å². The first-order chi connectivity index (χ1) is 27.8. The molecule has 0 N–H and O–H groups in total. The fourth-order valence-electron chi connectivity index (χ4n) is 9.35. The number of benzene rings is 10. The van der Waals surface area contributed by atoms with Gasteiger partial charge in [-0.2, -0.15) is 0 Å². The van der Waals surface area contributed by atoms with E-state index >= 15 is 0 Å². The Hall–Kier alpha value is -7.42. The summed E-state index contributed by atoms with van der Waals surface area (Å²) in [5.41, 5.74) is 11.9. The van der Waals surface area contributed by atoms with Gasteiger partial charge in [-0.25, -0.2) is 0 Å². The molecule has 0 aliphatic rings. The maximum Gasteiger partial charge on any atom is 0.0561 e. The highest BCUT2D eigenvalue weighted by Crippen LogP contribution is 2.40. The predicted octanol–water partition coefficient (Wildman–Crippen LogP) is 14.7. The number of hydrogen-bond donors (Lipinski definition) is 0. The van der Waals surface area contributed by atoms with E-state index < -0.39 is 0 Å². The zero-order valence-corrected chi connectivity index (χ0v) is 30.5. The lowest BCUT2D eigenvalue weighted by Crippen LogP contribution is -1.97. The molecule has 260 valence electrons.